The molecule has 0 aliphatic rings. The van der Waals surface area contributed by atoms with Crippen LogP contribution >= 0.6 is 12.2 Å². The first-order chi connectivity index (χ1) is 5.36. The molecule has 2 N–H and O–H groups in total. The van der Waals surface area contributed by atoms with Crippen LogP contribution in [0.25, 0.3) is 0 Å². The zero-order valence-electron chi connectivity index (χ0n) is 5.95. The summed E-state index contributed by atoms with van der Waals surface area (Å²) in [6, 6.07) is 7.57. The van der Waals surface area contributed by atoms with Crippen molar-refractivity contribution in [3.8, 4) is 0 Å². The predicted octanol–water partition coefficient (Wildman–Crippen LogP) is 1.88. The van der Waals surface area contributed by atoms with Gasteiger partial charge in [0.2, 0.25) is 0 Å². The molecule has 56 valence electrons. The van der Waals surface area contributed by atoms with Gasteiger partial charge >= 0.3 is 0 Å². The van der Waals surface area contributed by atoms with Gasteiger partial charge in [0.1, 0.15) is 0 Å². The minimum atomic E-state index is 0.557. The quantitative estimate of drug-likeness (QED) is 0.535. The van der Waals surface area contributed by atoms with Gasteiger partial charge in [-0.3, -0.25) is 0 Å². The van der Waals surface area contributed by atoms with Gasteiger partial charge in [0.05, 0.1) is 10.8 Å². The molecule has 0 saturated heterocycles. The van der Waals surface area contributed by atoms with Crippen LogP contribution in [0.3, 0.4) is 0 Å². The maximum absolute atomic E-state index is 5.41. The molecule has 11 heavy (non-hydrogen) atoms. The minimum absolute atomic E-state index is 0.557. The number of nitrogens with two attached hydrogens (primary N) is 1. The normalized spacial score (nSPS) is 8.82. The molecule has 3 heteroatoms. The van der Waals surface area contributed by atoms with Crippen molar-refractivity contribution in [1.82, 2.24) is 0 Å². The molecule has 0 radical (unpaired) electrons. The summed E-state index contributed by atoms with van der Waals surface area (Å²) < 4.78 is 0. The molecule has 0 fully saturated rings. The molecule has 0 amide bonds. The van der Waals surface area contributed by atoms with Crippen molar-refractivity contribution in [2.75, 3.05) is 0 Å². The van der Waals surface area contributed by atoms with Gasteiger partial charge in [0.15, 0.2) is 0 Å². The van der Waals surface area contributed by atoms with Crippen molar-refractivity contribution < 1.29 is 0 Å². The highest BCUT2D eigenvalue weighted by Crippen LogP contribution is 2.11. The number of rotatable bonds is 2. The number of hydrogen-bond acceptors (Lipinski definition) is 3. The van der Waals surface area contributed by atoms with Gasteiger partial charge < -0.3 is 5.73 Å². The van der Waals surface area contributed by atoms with Crippen LogP contribution in [0.4, 0.5) is 5.69 Å². The van der Waals surface area contributed by atoms with Crippen molar-refractivity contribution >= 4 is 23.1 Å². The third-order valence-electron chi connectivity index (χ3n) is 1.35. The first-order valence-electron chi connectivity index (χ1n) is 3.23. The van der Waals surface area contributed by atoms with Crippen LogP contribution in [0.5, 0.6) is 0 Å². The van der Waals surface area contributed by atoms with Gasteiger partial charge in [-0.05, 0) is 29.9 Å². The topological polar surface area (TPSA) is 38.4 Å². The summed E-state index contributed by atoms with van der Waals surface area (Å²) >= 11 is 4.45. The zero-order valence-corrected chi connectivity index (χ0v) is 6.77. The number of isothiocyanates is 1. The Hall–Kier alpha value is -1.02. The van der Waals surface area contributed by atoms with Crippen molar-refractivity contribution in [1.29, 1.82) is 0 Å². The third kappa shape index (κ3) is 2.24. The highest BCUT2D eigenvalue weighted by Gasteiger charge is 1.88. The van der Waals surface area contributed by atoms with Gasteiger partial charge in [0, 0.05) is 6.54 Å². The van der Waals surface area contributed by atoms with Gasteiger partial charge in [-0.2, -0.15) is 4.99 Å². The molecule has 0 bridgehead atoms. The molecule has 0 heterocycles. The highest BCUT2D eigenvalue weighted by molar-refractivity contribution is 7.78. The lowest BCUT2D eigenvalue weighted by Crippen LogP contribution is -1.94. The van der Waals surface area contributed by atoms with Crippen LogP contribution in [0.2, 0.25) is 0 Å². The Morgan fingerprint density at radius 3 is 2.45 bits per heavy atom. The Bertz CT molecular complexity index is 273. The highest BCUT2D eigenvalue weighted by atomic mass is 32.1. The minimum Gasteiger partial charge on any atom is -0.326 e. The van der Waals surface area contributed by atoms with Crippen LogP contribution < -0.4 is 5.73 Å². The standard InChI is InChI=1S/C8H8N2S/c9-5-7-1-3-8(4-2-7)10-6-11/h1-4H,5,9H2. The van der Waals surface area contributed by atoms with E-state index in [1.165, 1.54) is 0 Å². The first kappa shape index (κ1) is 8.08. The van der Waals surface area contributed by atoms with Crippen LogP contribution in [0.1, 0.15) is 5.56 Å². The van der Waals surface area contributed by atoms with E-state index in [-0.39, 0.29) is 0 Å². The molecular formula is C8H8N2S. The number of aliphatic imine (C=N–C) groups is 1. The Morgan fingerprint density at radius 2 is 2.00 bits per heavy atom. The molecule has 0 saturated carbocycles. The molecule has 1 rings (SSSR count). The van der Waals surface area contributed by atoms with Crippen LogP contribution in [0, 0.1) is 0 Å². The molecule has 2 nitrogen and oxygen atoms in total. The van der Waals surface area contributed by atoms with E-state index in [1.807, 2.05) is 24.3 Å². The van der Waals surface area contributed by atoms with E-state index >= 15 is 0 Å². The molecule has 0 aliphatic carbocycles. The summed E-state index contributed by atoms with van der Waals surface area (Å²) in [6.45, 7) is 0.557. The lowest BCUT2D eigenvalue weighted by atomic mass is 10.2. The van der Waals surface area contributed by atoms with E-state index in [9.17, 15) is 0 Å². The fourth-order valence-electron chi connectivity index (χ4n) is 0.759. The maximum atomic E-state index is 5.41. The largest absolute Gasteiger partial charge is 0.326 e. The Kier molecular flexibility index (Phi) is 2.93. The molecule has 0 spiro atoms. The second-order valence-electron chi connectivity index (χ2n) is 2.07. The summed E-state index contributed by atoms with van der Waals surface area (Å²) in [4.78, 5) is 3.81. The molecule has 0 aromatic heterocycles. The lowest BCUT2D eigenvalue weighted by Gasteiger charge is -1.94. The Labute approximate surface area is 70.8 Å². The summed E-state index contributed by atoms with van der Waals surface area (Å²) in [5.41, 5.74) is 7.31. The number of thiocarbonyl (C=S) groups is 1. The third-order valence-corrected chi connectivity index (χ3v) is 1.44. The SMILES string of the molecule is NCc1ccc(N=C=S)cc1. The van der Waals surface area contributed by atoms with Gasteiger partial charge in [-0.25, -0.2) is 0 Å². The van der Waals surface area contributed by atoms with Gasteiger partial charge in [-0.15, -0.1) is 0 Å². The fraction of sp³-hybridized carbons (Fsp3) is 0.125. The summed E-state index contributed by atoms with van der Waals surface area (Å²) in [6.07, 6.45) is 0. The van der Waals surface area contributed by atoms with E-state index in [4.69, 9.17) is 5.73 Å². The van der Waals surface area contributed by atoms with Crippen molar-refractivity contribution in [3.05, 3.63) is 29.8 Å². The molecule has 1 aromatic rings. The monoisotopic (exact) mass is 164 g/mol. The number of benzene rings is 1. The maximum Gasteiger partial charge on any atom is 0.0739 e. The Morgan fingerprint density at radius 1 is 1.36 bits per heavy atom. The lowest BCUT2D eigenvalue weighted by molar-refractivity contribution is 1.07. The molecule has 0 unspecified atom stereocenters. The van der Waals surface area contributed by atoms with Gasteiger partial charge in [0.25, 0.3) is 0 Å². The van der Waals surface area contributed by atoms with E-state index in [0.717, 1.165) is 11.3 Å². The fourth-order valence-corrected chi connectivity index (χ4v) is 0.865. The van der Waals surface area contributed by atoms with Crippen molar-refractivity contribution in [2.24, 2.45) is 10.7 Å². The van der Waals surface area contributed by atoms with E-state index in [2.05, 4.69) is 22.4 Å². The molecular weight excluding hydrogens is 156 g/mol. The average Bonchev–Trinajstić information content (AvgIpc) is 2.07. The average molecular weight is 164 g/mol. The first-order valence-corrected chi connectivity index (χ1v) is 3.64. The van der Waals surface area contributed by atoms with Crippen LogP contribution in [-0.2, 0) is 6.54 Å². The number of hydrogen-bond donors (Lipinski definition) is 1. The van der Waals surface area contributed by atoms with Gasteiger partial charge in [-0.1, -0.05) is 12.1 Å². The zero-order chi connectivity index (χ0) is 8.10. The summed E-state index contributed by atoms with van der Waals surface area (Å²) in [7, 11) is 0. The second kappa shape index (κ2) is 3.98. The smallest absolute Gasteiger partial charge is 0.0739 e. The number of nitrogens with zero attached hydrogens (tertiary/aromatic N) is 1. The molecule has 0 atom stereocenters. The van der Waals surface area contributed by atoms with Crippen LogP contribution in [0.15, 0.2) is 29.3 Å². The summed E-state index contributed by atoms with van der Waals surface area (Å²) in [5, 5.41) is 2.30. The van der Waals surface area contributed by atoms with Crippen molar-refractivity contribution in [2.45, 2.75) is 6.54 Å². The molecule has 0 aliphatic heterocycles. The molecule has 1 aromatic carbocycles. The predicted molar refractivity (Wildman–Crippen MR) is 49.0 cm³/mol. The summed E-state index contributed by atoms with van der Waals surface area (Å²) in [5.74, 6) is 0. The van der Waals surface area contributed by atoms with E-state index in [1.54, 1.807) is 0 Å². The Balaban J connectivity index is 2.91. The van der Waals surface area contributed by atoms with E-state index < -0.39 is 0 Å². The second-order valence-corrected chi connectivity index (χ2v) is 2.26. The van der Waals surface area contributed by atoms with E-state index in [0.29, 0.717) is 6.54 Å². The van der Waals surface area contributed by atoms with Crippen LogP contribution in [-0.4, -0.2) is 5.16 Å². The van der Waals surface area contributed by atoms with Crippen molar-refractivity contribution in [3.63, 3.8) is 0 Å².